The van der Waals surface area contributed by atoms with Crippen LogP contribution in [0, 0.1) is 18.3 Å². The molecule has 20 heavy (non-hydrogen) atoms. The van der Waals surface area contributed by atoms with Gasteiger partial charge in [0.2, 0.25) is 0 Å². The summed E-state index contributed by atoms with van der Waals surface area (Å²) < 4.78 is 0. The van der Waals surface area contributed by atoms with Crippen LogP contribution in [-0.4, -0.2) is 11.0 Å². The van der Waals surface area contributed by atoms with Gasteiger partial charge in [0.15, 0.2) is 0 Å². The van der Waals surface area contributed by atoms with Gasteiger partial charge in [-0.1, -0.05) is 12.1 Å². The Labute approximate surface area is 116 Å². The van der Waals surface area contributed by atoms with E-state index in [1.807, 2.05) is 0 Å². The Hall–Kier alpha value is -3.00. The zero-order chi connectivity index (χ0) is 14.7. The number of carbonyl (C=O) groups is 1. The van der Waals surface area contributed by atoms with E-state index < -0.39 is 5.91 Å². The van der Waals surface area contributed by atoms with Gasteiger partial charge < -0.3 is 16.2 Å². The summed E-state index contributed by atoms with van der Waals surface area (Å²) in [6.07, 6.45) is 0. The molecule has 0 saturated heterocycles. The number of hydrogen-bond donors (Lipinski definition) is 3. The van der Waals surface area contributed by atoms with E-state index in [9.17, 15) is 9.90 Å². The van der Waals surface area contributed by atoms with Crippen LogP contribution >= 0.6 is 0 Å². The van der Waals surface area contributed by atoms with Crippen molar-refractivity contribution in [2.45, 2.75) is 6.92 Å². The second-order valence-electron chi connectivity index (χ2n) is 4.34. The summed E-state index contributed by atoms with van der Waals surface area (Å²) in [5.74, 6) is -0.565. The predicted octanol–water partition coefficient (Wildman–Crippen LogP) is 2.41. The average molecular weight is 267 g/mol. The Balaban J connectivity index is 2.31. The van der Waals surface area contributed by atoms with Gasteiger partial charge in [0.1, 0.15) is 11.8 Å². The molecule has 0 aromatic heterocycles. The van der Waals surface area contributed by atoms with Gasteiger partial charge in [-0.05, 0) is 36.8 Å². The molecule has 0 aliphatic rings. The molecule has 0 atom stereocenters. The molecule has 2 aromatic rings. The van der Waals surface area contributed by atoms with Crippen molar-refractivity contribution >= 4 is 17.3 Å². The minimum Gasteiger partial charge on any atom is -0.506 e. The number of nitrogens with zero attached hydrogens (tertiary/aromatic N) is 1. The minimum absolute atomic E-state index is 0.151. The molecule has 0 heterocycles. The Bertz CT molecular complexity index is 718. The van der Waals surface area contributed by atoms with Crippen LogP contribution in [0.25, 0.3) is 0 Å². The van der Waals surface area contributed by atoms with Crippen LogP contribution < -0.4 is 11.1 Å². The first-order chi connectivity index (χ1) is 9.52. The lowest BCUT2D eigenvalue weighted by molar-refractivity contribution is 0.102. The topological polar surface area (TPSA) is 99.1 Å². The number of phenolic OH excluding ortho intramolecular Hbond substituents is 1. The number of amides is 1. The summed E-state index contributed by atoms with van der Waals surface area (Å²) in [6.45, 7) is 1.79. The van der Waals surface area contributed by atoms with Crippen molar-refractivity contribution < 1.29 is 9.90 Å². The molecule has 4 N–H and O–H groups in total. The normalized spacial score (nSPS) is 9.80. The van der Waals surface area contributed by atoms with Gasteiger partial charge in [0, 0.05) is 5.56 Å². The molecule has 0 aliphatic carbocycles. The number of carbonyl (C=O) groups excluding carboxylic acids is 1. The number of aryl methyl sites for hydroxylation is 1. The predicted molar refractivity (Wildman–Crippen MR) is 76.4 cm³/mol. The molecule has 0 spiro atoms. The van der Waals surface area contributed by atoms with E-state index in [1.54, 1.807) is 25.1 Å². The van der Waals surface area contributed by atoms with Crippen molar-refractivity contribution in [1.82, 2.24) is 0 Å². The van der Waals surface area contributed by atoms with Gasteiger partial charge >= 0.3 is 0 Å². The van der Waals surface area contributed by atoms with Crippen LogP contribution in [0.4, 0.5) is 11.4 Å². The van der Waals surface area contributed by atoms with E-state index in [2.05, 4.69) is 11.4 Å². The van der Waals surface area contributed by atoms with Crippen molar-refractivity contribution in [3.05, 3.63) is 53.1 Å². The van der Waals surface area contributed by atoms with Crippen molar-refractivity contribution in [2.75, 3.05) is 11.1 Å². The maximum Gasteiger partial charge on any atom is 0.255 e. The highest BCUT2D eigenvalue weighted by Gasteiger charge is 2.11. The van der Waals surface area contributed by atoms with Gasteiger partial charge in [-0.15, -0.1) is 0 Å². The van der Waals surface area contributed by atoms with E-state index in [0.29, 0.717) is 11.3 Å². The van der Waals surface area contributed by atoms with Crippen molar-refractivity contribution in [3.8, 4) is 11.8 Å². The van der Waals surface area contributed by atoms with Gasteiger partial charge in [-0.25, -0.2) is 0 Å². The minimum atomic E-state index is -0.414. The third-order valence-electron chi connectivity index (χ3n) is 2.93. The fraction of sp³-hybridized carbons (Fsp3) is 0.0667. The first-order valence-electron chi connectivity index (χ1n) is 5.92. The molecular formula is C15H13N3O2. The molecular weight excluding hydrogens is 254 g/mol. The molecule has 2 aromatic carbocycles. The molecule has 0 bridgehead atoms. The summed E-state index contributed by atoms with van der Waals surface area (Å²) in [7, 11) is 0. The van der Waals surface area contributed by atoms with Crippen LogP contribution in [0.3, 0.4) is 0 Å². The fourth-order valence-electron chi connectivity index (χ4n) is 1.80. The molecule has 0 radical (unpaired) electrons. The zero-order valence-corrected chi connectivity index (χ0v) is 10.8. The molecule has 1 amide bonds. The smallest absolute Gasteiger partial charge is 0.255 e. The molecule has 5 nitrogen and oxygen atoms in total. The van der Waals surface area contributed by atoms with Gasteiger partial charge in [0.05, 0.1) is 16.9 Å². The van der Waals surface area contributed by atoms with Crippen LogP contribution in [-0.2, 0) is 0 Å². The number of aromatic hydroxyl groups is 1. The number of rotatable bonds is 2. The van der Waals surface area contributed by atoms with Gasteiger partial charge in [-0.3, -0.25) is 4.79 Å². The highest BCUT2D eigenvalue weighted by molar-refractivity contribution is 6.05. The zero-order valence-electron chi connectivity index (χ0n) is 10.8. The summed E-state index contributed by atoms with van der Waals surface area (Å²) in [5, 5.41) is 21.3. The molecule has 100 valence electrons. The number of nitrogens with two attached hydrogens (primary N) is 1. The lowest BCUT2D eigenvalue weighted by Gasteiger charge is -2.09. The third kappa shape index (κ3) is 2.54. The number of anilines is 2. The van der Waals surface area contributed by atoms with E-state index in [-0.39, 0.29) is 17.0 Å². The number of hydrogen-bond acceptors (Lipinski definition) is 4. The largest absolute Gasteiger partial charge is 0.506 e. The van der Waals surface area contributed by atoms with E-state index in [0.717, 1.165) is 5.56 Å². The number of nitriles is 1. The number of phenols is 1. The molecule has 0 unspecified atom stereocenters. The Kier molecular flexibility index (Phi) is 3.58. The first-order valence-corrected chi connectivity index (χ1v) is 5.92. The number of benzene rings is 2. The van der Waals surface area contributed by atoms with Crippen molar-refractivity contribution in [1.29, 1.82) is 5.26 Å². The first kappa shape index (κ1) is 13.4. The highest BCUT2D eigenvalue weighted by atomic mass is 16.3. The van der Waals surface area contributed by atoms with Gasteiger partial charge in [-0.2, -0.15) is 5.26 Å². The number of nitrogens with one attached hydrogen (secondary N) is 1. The summed E-state index contributed by atoms with van der Waals surface area (Å²) in [4.78, 5) is 12.1. The van der Waals surface area contributed by atoms with E-state index in [4.69, 9.17) is 11.0 Å². The van der Waals surface area contributed by atoms with Crippen LogP contribution in [0.5, 0.6) is 5.75 Å². The van der Waals surface area contributed by atoms with E-state index >= 15 is 0 Å². The second-order valence-corrected chi connectivity index (χ2v) is 4.34. The van der Waals surface area contributed by atoms with Gasteiger partial charge in [0.25, 0.3) is 5.91 Å². The van der Waals surface area contributed by atoms with Crippen LogP contribution in [0.1, 0.15) is 21.5 Å². The van der Waals surface area contributed by atoms with Crippen molar-refractivity contribution in [3.63, 3.8) is 0 Å². The lowest BCUT2D eigenvalue weighted by Crippen LogP contribution is -2.13. The van der Waals surface area contributed by atoms with Crippen molar-refractivity contribution in [2.24, 2.45) is 0 Å². The summed E-state index contributed by atoms with van der Waals surface area (Å²) in [5.41, 5.74) is 7.59. The molecule has 0 saturated carbocycles. The summed E-state index contributed by atoms with van der Waals surface area (Å²) in [6, 6.07) is 11.5. The fourth-order valence-corrected chi connectivity index (χ4v) is 1.80. The Morgan fingerprint density at radius 1 is 1.35 bits per heavy atom. The van der Waals surface area contributed by atoms with Crippen LogP contribution in [0.2, 0.25) is 0 Å². The van der Waals surface area contributed by atoms with E-state index in [1.165, 1.54) is 18.2 Å². The highest BCUT2D eigenvalue weighted by Crippen LogP contribution is 2.23. The Morgan fingerprint density at radius 2 is 2.10 bits per heavy atom. The second kappa shape index (κ2) is 5.33. The molecule has 2 rings (SSSR count). The molecule has 5 heteroatoms. The SMILES string of the molecule is Cc1cccc(NC(=O)c2ccc(N)c(O)c2)c1C#N. The quantitative estimate of drug-likeness (QED) is 0.574. The monoisotopic (exact) mass is 267 g/mol. The standard InChI is InChI=1S/C15H13N3O2/c1-9-3-2-4-13(11(9)8-16)18-15(20)10-5-6-12(17)14(19)7-10/h2-7,19H,17H2,1H3,(H,18,20). The molecule has 0 fully saturated rings. The summed E-state index contributed by atoms with van der Waals surface area (Å²) >= 11 is 0. The Morgan fingerprint density at radius 3 is 2.75 bits per heavy atom. The van der Waals surface area contributed by atoms with Crippen LogP contribution in [0.15, 0.2) is 36.4 Å². The molecule has 0 aliphatic heterocycles. The third-order valence-corrected chi connectivity index (χ3v) is 2.93. The maximum atomic E-state index is 12.1. The lowest BCUT2D eigenvalue weighted by atomic mass is 10.1. The average Bonchev–Trinajstić information content (AvgIpc) is 2.42. The maximum absolute atomic E-state index is 12.1. The number of nitrogen functional groups attached to an aromatic ring is 1.